The highest BCUT2D eigenvalue weighted by atomic mass is 32.1. The largest absolute Gasteiger partial charge is 0.497 e. The molecule has 4 nitrogen and oxygen atoms in total. The van der Waals surface area contributed by atoms with Crippen molar-refractivity contribution in [2.75, 3.05) is 13.7 Å². The van der Waals surface area contributed by atoms with Gasteiger partial charge in [0.15, 0.2) is 0 Å². The molecule has 1 aromatic heterocycles. The molecule has 0 aliphatic carbocycles. The monoisotopic (exact) mass is 366 g/mol. The Labute approximate surface area is 158 Å². The summed E-state index contributed by atoms with van der Waals surface area (Å²) >= 11 is 1.46. The molecule has 3 aromatic rings. The van der Waals surface area contributed by atoms with Crippen LogP contribution in [0.5, 0.6) is 5.75 Å². The molecule has 0 unspecified atom stereocenters. The summed E-state index contributed by atoms with van der Waals surface area (Å²) in [4.78, 5) is 20.3. The second-order valence-corrected chi connectivity index (χ2v) is 7.15. The van der Waals surface area contributed by atoms with Gasteiger partial charge in [0.25, 0.3) is 5.91 Å². The summed E-state index contributed by atoms with van der Waals surface area (Å²) in [6.07, 6.45) is 0. The number of hydrogen-bond donors (Lipinski definition) is 0. The summed E-state index contributed by atoms with van der Waals surface area (Å²) in [5.74, 6) is 0.834. The lowest BCUT2D eigenvalue weighted by molar-refractivity contribution is 0.0758. The summed E-state index contributed by atoms with van der Waals surface area (Å²) < 4.78 is 5.20. The van der Waals surface area contributed by atoms with Crippen LogP contribution in [0.2, 0.25) is 0 Å². The summed E-state index contributed by atoms with van der Waals surface area (Å²) in [6, 6.07) is 17.7. The first kappa shape index (κ1) is 18.1. The number of aryl methyl sites for hydroxylation is 1. The quantitative estimate of drug-likeness (QED) is 0.630. The molecule has 0 atom stereocenters. The molecule has 2 aromatic carbocycles. The van der Waals surface area contributed by atoms with Crippen LogP contribution in [0.4, 0.5) is 0 Å². The topological polar surface area (TPSA) is 42.4 Å². The minimum absolute atomic E-state index is 0.0211. The third kappa shape index (κ3) is 3.94. The fraction of sp³-hybridized carbons (Fsp3) is 0.238. The summed E-state index contributed by atoms with van der Waals surface area (Å²) in [7, 11) is 1.65. The van der Waals surface area contributed by atoms with Crippen LogP contribution in [-0.4, -0.2) is 29.4 Å². The Balaban J connectivity index is 1.87. The zero-order chi connectivity index (χ0) is 18.5. The average Bonchev–Trinajstić information content (AvgIpc) is 3.08. The third-order valence-corrected chi connectivity index (χ3v) is 5.14. The van der Waals surface area contributed by atoms with E-state index >= 15 is 0 Å². The predicted molar refractivity (Wildman–Crippen MR) is 106 cm³/mol. The van der Waals surface area contributed by atoms with Crippen LogP contribution in [0, 0.1) is 6.92 Å². The maximum atomic E-state index is 13.2. The van der Waals surface area contributed by atoms with Crippen molar-refractivity contribution in [1.82, 2.24) is 9.88 Å². The number of aromatic nitrogens is 1. The van der Waals surface area contributed by atoms with Crippen molar-refractivity contribution in [3.8, 4) is 17.0 Å². The third-order valence-electron chi connectivity index (χ3n) is 4.18. The van der Waals surface area contributed by atoms with Gasteiger partial charge in [-0.15, -0.1) is 11.3 Å². The molecule has 0 saturated carbocycles. The van der Waals surface area contributed by atoms with E-state index in [2.05, 4.69) is 4.98 Å². The maximum absolute atomic E-state index is 13.2. The van der Waals surface area contributed by atoms with Crippen LogP contribution in [0.15, 0.2) is 54.6 Å². The number of nitrogens with zero attached hydrogens (tertiary/aromatic N) is 2. The van der Waals surface area contributed by atoms with Crippen molar-refractivity contribution in [2.45, 2.75) is 20.4 Å². The van der Waals surface area contributed by atoms with Crippen molar-refractivity contribution in [1.29, 1.82) is 0 Å². The molecule has 26 heavy (non-hydrogen) atoms. The minimum Gasteiger partial charge on any atom is -0.497 e. The second-order valence-electron chi connectivity index (χ2n) is 5.94. The molecule has 1 heterocycles. The van der Waals surface area contributed by atoms with Gasteiger partial charge in [-0.25, -0.2) is 4.98 Å². The number of benzene rings is 2. The SMILES string of the molecule is CCN(Cc1ccc(OC)cc1)C(=O)c1sc(C)nc1-c1ccccc1. The van der Waals surface area contributed by atoms with Crippen LogP contribution in [-0.2, 0) is 6.54 Å². The molecule has 0 aliphatic heterocycles. The molecule has 0 N–H and O–H groups in total. The van der Waals surface area contributed by atoms with E-state index in [9.17, 15) is 4.79 Å². The van der Waals surface area contributed by atoms with Gasteiger partial charge in [0, 0.05) is 18.7 Å². The number of amides is 1. The predicted octanol–water partition coefficient (Wildman–Crippen LogP) is 4.79. The van der Waals surface area contributed by atoms with Gasteiger partial charge in [-0.1, -0.05) is 42.5 Å². The lowest BCUT2D eigenvalue weighted by atomic mass is 10.1. The van der Waals surface area contributed by atoms with Gasteiger partial charge in [0.05, 0.1) is 17.8 Å². The van der Waals surface area contributed by atoms with Gasteiger partial charge in [-0.2, -0.15) is 0 Å². The van der Waals surface area contributed by atoms with Crippen LogP contribution in [0.1, 0.15) is 27.2 Å². The first-order valence-corrected chi connectivity index (χ1v) is 9.39. The molecule has 3 rings (SSSR count). The standard InChI is InChI=1S/C21H22N2O2S/c1-4-23(14-16-10-12-18(25-3)13-11-16)21(24)20-19(22-15(2)26-20)17-8-6-5-7-9-17/h5-13H,4,14H2,1-3H3. The number of thiazole rings is 1. The molecule has 5 heteroatoms. The van der Waals surface area contributed by atoms with E-state index in [4.69, 9.17) is 4.74 Å². The van der Waals surface area contributed by atoms with Gasteiger partial charge in [0.2, 0.25) is 0 Å². The zero-order valence-electron chi connectivity index (χ0n) is 15.2. The smallest absolute Gasteiger partial charge is 0.266 e. The first-order chi connectivity index (χ1) is 12.6. The maximum Gasteiger partial charge on any atom is 0.266 e. The van der Waals surface area contributed by atoms with Crippen molar-refractivity contribution >= 4 is 17.2 Å². The number of hydrogen-bond acceptors (Lipinski definition) is 4. The molecule has 0 bridgehead atoms. The van der Waals surface area contributed by atoms with Crippen molar-refractivity contribution in [3.05, 3.63) is 70.0 Å². The Morgan fingerprint density at radius 1 is 1.12 bits per heavy atom. The zero-order valence-corrected chi connectivity index (χ0v) is 16.0. The van der Waals surface area contributed by atoms with Gasteiger partial charge in [-0.05, 0) is 31.5 Å². The number of ether oxygens (including phenoxy) is 1. The number of rotatable bonds is 6. The lowest BCUT2D eigenvalue weighted by Gasteiger charge is -2.21. The second kappa shape index (κ2) is 8.15. The normalized spacial score (nSPS) is 10.6. The Hall–Kier alpha value is -2.66. The van der Waals surface area contributed by atoms with Gasteiger partial charge in [-0.3, -0.25) is 4.79 Å². The number of carbonyl (C=O) groups excluding carboxylic acids is 1. The molecular weight excluding hydrogens is 344 g/mol. The van der Waals surface area contributed by atoms with Gasteiger partial charge < -0.3 is 9.64 Å². The fourth-order valence-corrected chi connectivity index (χ4v) is 3.69. The van der Waals surface area contributed by atoms with E-state index in [1.54, 1.807) is 7.11 Å². The van der Waals surface area contributed by atoms with Crippen LogP contribution in [0.3, 0.4) is 0 Å². The average molecular weight is 366 g/mol. The molecule has 0 spiro atoms. The Morgan fingerprint density at radius 3 is 2.42 bits per heavy atom. The van der Waals surface area contributed by atoms with E-state index in [0.29, 0.717) is 18.0 Å². The fourth-order valence-electron chi connectivity index (χ4n) is 2.79. The van der Waals surface area contributed by atoms with Crippen molar-refractivity contribution < 1.29 is 9.53 Å². The molecule has 1 amide bonds. The van der Waals surface area contributed by atoms with Gasteiger partial charge in [0.1, 0.15) is 10.6 Å². The highest BCUT2D eigenvalue weighted by Gasteiger charge is 2.22. The van der Waals surface area contributed by atoms with Crippen molar-refractivity contribution in [3.63, 3.8) is 0 Å². The highest BCUT2D eigenvalue weighted by molar-refractivity contribution is 7.14. The molecule has 0 fully saturated rings. The molecule has 0 radical (unpaired) electrons. The van der Waals surface area contributed by atoms with Crippen LogP contribution >= 0.6 is 11.3 Å². The summed E-state index contributed by atoms with van der Waals surface area (Å²) in [6.45, 7) is 5.13. The van der Waals surface area contributed by atoms with Gasteiger partial charge >= 0.3 is 0 Å². The van der Waals surface area contributed by atoms with E-state index in [1.165, 1.54) is 11.3 Å². The molecule has 134 valence electrons. The Morgan fingerprint density at radius 2 is 1.81 bits per heavy atom. The molecular formula is C21H22N2O2S. The first-order valence-electron chi connectivity index (χ1n) is 8.57. The van der Waals surface area contributed by atoms with E-state index < -0.39 is 0 Å². The lowest BCUT2D eigenvalue weighted by Crippen LogP contribution is -2.30. The summed E-state index contributed by atoms with van der Waals surface area (Å²) in [5, 5.41) is 0.896. The Kier molecular flexibility index (Phi) is 5.68. The van der Waals surface area contributed by atoms with Crippen LogP contribution in [0.25, 0.3) is 11.3 Å². The number of methoxy groups -OCH3 is 1. The van der Waals surface area contributed by atoms with E-state index in [1.807, 2.05) is 73.3 Å². The van der Waals surface area contributed by atoms with E-state index in [0.717, 1.165) is 27.6 Å². The number of carbonyl (C=O) groups is 1. The van der Waals surface area contributed by atoms with Crippen LogP contribution < -0.4 is 4.74 Å². The summed E-state index contributed by atoms with van der Waals surface area (Å²) in [5.41, 5.74) is 2.82. The highest BCUT2D eigenvalue weighted by Crippen LogP contribution is 2.29. The Bertz CT molecular complexity index is 873. The molecule has 0 saturated heterocycles. The minimum atomic E-state index is 0.0211. The van der Waals surface area contributed by atoms with Crippen molar-refractivity contribution in [2.24, 2.45) is 0 Å². The van der Waals surface area contributed by atoms with E-state index in [-0.39, 0.29) is 5.91 Å². The molecule has 0 aliphatic rings.